The monoisotopic (exact) mass is 457 g/mol. The summed E-state index contributed by atoms with van der Waals surface area (Å²) < 4.78 is 21.1. The summed E-state index contributed by atoms with van der Waals surface area (Å²) in [7, 11) is 0. The highest BCUT2D eigenvalue weighted by Crippen LogP contribution is 2.38. The van der Waals surface area contributed by atoms with Gasteiger partial charge in [0.05, 0.1) is 34.1 Å². The molecule has 1 fully saturated rings. The smallest absolute Gasteiger partial charge is 0.153 e. The van der Waals surface area contributed by atoms with E-state index in [2.05, 4.69) is 24.8 Å². The second-order valence-corrected chi connectivity index (χ2v) is 8.38. The van der Waals surface area contributed by atoms with Crippen LogP contribution in [0.4, 0.5) is 9.39 Å². The van der Waals surface area contributed by atoms with Gasteiger partial charge in [-0.3, -0.25) is 4.98 Å². The maximum absolute atomic E-state index is 14.9. The van der Waals surface area contributed by atoms with Gasteiger partial charge in [-0.25, -0.2) is 19.3 Å². The number of anilines is 1. The molecule has 158 valence electrons. The van der Waals surface area contributed by atoms with Gasteiger partial charge in [-0.2, -0.15) is 0 Å². The standard InChI is InChI=1S/C21H17ClFN5O2S/c22-21-18(24-3-4-25-21)19(29)12-1-2-14(23)13(9-12)17-20-15(26-11-27-17)10-16(31-20)28-5-7-30-8-6-28/h1-4,9-11,19,29H,5-8H2/t19-/m1/s1. The minimum atomic E-state index is -1.15. The van der Waals surface area contributed by atoms with E-state index in [9.17, 15) is 9.50 Å². The van der Waals surface area contributed by atoms with E-state index < -0.39 is 11.9 Å². The van der Waals surface area contributed by atoms with Gasteiger partial charge in [-0.15, -0.1) is 11.3 Å². The van der Waals surface area contributed by atoms with Crippen LogP contribution >= 0.6 is 22.9 Å². The summed E-state index contributed by atoms with van der Waals surface area (Å²) in [5, 5.41) is 11.9. The van der Waals surface area contributed by atoms with Crippen LogP contribution in [0.25, 0.3) is 21.5 Å². The van der Waals surface area contributed by atoms with Gasteiger partial charge in [0.1, 0.15) is 23.9 Å². The molecule has 0 aliphatic carbocycles. The first-order valence-corrected chi connectivity index (χ1v) is 10.8. The van der Waals surface area contributed by atoms with E-state index in [1.165, 1.54) is 42.2 Å². The van der Waals surface area contributed by atoms with Gasteiger partial charge in [0.2, 0.25) is 0 Å². The third kappa shape index (κ3) is 3.85. The summed E-state index contributed by atoms with van der Waals surface area (Å²) in [5.41, 5.74) is 2.15. The average molecular weight is 458 g/mol. The Kier molecular flexibility index (Phi) is 5.49. The van der Waals surface area contributed by atoms with E-state index in [4.69, 9.17) is 16.3 Å². The molecule has 1 aliphatic rings. The Bertz CT molecular complexity index is 1250. The summed E-state index contributed by atoms with van der Waals surface area (Å²) in [6.07, 6.45) is 3.16. The molecule has 7 nitrogen and oxygen atoms in total. The van der Waals surface area contributed by atoms with Gasteiger partial charge < -0.3 is 14.7 Å². The van der Waals surface area contributed by atoms with Crippen molar-refractivity contribution >= 4 is 38.2 Å². The van der Waals surface area contributed by atoms with Crippen molar-refractivity contribution in [1.82, 2.24) is 19.9 Å². The highest BCUT2D eigenvalue weighted by Gasteiger charge is 2.21. The maximum Gasteiger partial charge on any atom is 0.153 e. The molecule has 1 atom stereocenters. The van der Waals surface area contributed by atoms with Crippen molar-refractivity contribution in [2.24, 2.45) is 0 Å². The van der Waals surface area contributed by atoms with E-state index >= 15 is 0 Å². The number of aliphatic hydroxyl groups is 1. The quantitative estimate of drug-likeness (QED) is 0.498. The first-order valence-electron chi connectivity index (χ1n) is 9.63. The molecule has 31 heavy (non-hydrogen) atoms. The summed E-state index contributed by atoms with van der Waals surface area (Å²) in [5.74, 6) is -0.442. The molecule has 10 heteroatoms. The zero-order valence-corrected chi connectivity index (χ0v) is 17.8. The van der Waals surface area contributed by atoms with E-state index in [0.717, 1.165) is 28.3 Å². The van der Waals surface area contributed by atoms with E-state index in [1.807, 2.05) is 6.07 Å². The van der Waals surface area contributed by atoms with Crippen molar-refractivity contribution in [3.8, 4) is 11.3 Å². The molecule has 0 radical (unpaired) electrons. The van der Waals surface area contributed by atoms with Gasteiger partial charge in [0.25, 0.3) is 0 Å². The lowest BCUT2D eigenvalue weighted by Gasteiger charge is -2.27. The number of benzene rings is 1. The molecule has 4 aromatic rings. The Labute approximate surface area is 186 Å². The summed E-state index contributed by atoms with van der Waals surface area (Å²) in [4.78, 5) is 19.0. The maximum atomic E-state index is 14.9. The van der Waals surface area contributed by atoms with Gasteiger partial charge in [-0.05, 0) is 23.8 Å². The molecule has 3 aromatic heterocycles. The van der Waals surface area contributed by atoms with Crippen molar-refractivity contribution in [3.63, 3.8) is 0 Å². The molecule has 0 amide bonds. The Morgan fingerprint density at radius 3 is 2.71 bits per heavy atom. The summed E-state index contributed by atoms with van der Waals surface area (Å²) >= 11 is 7.59. The molecule has 0 bridgehead atoms. The third-order valence-corrected chi connectivity index (χ3v) is 6.60. The second-order valence-electron chi connectivity index (χ2n) is 6.99. The fourth-order valence-electron chi connectivity index (χ4n) is 3.54. The van der Waals surface area contributed by atoms with Crippen molar-refractivity contribution < 1.29 is 14.2 Å². The molecule has 0 saturated carbocycles. The zero-order valence-electron chi connectivity index (χ0n) is 16.2. The number of halogens is 2. The van der Waals surface area contributed by atoms with Crippen LogP contribution in [0, 0.1) is 5.82 Å². The molecule has 1 aromatic carbocycles. The predicted octanol–water partition coefficient (Wildman–Crippen LogP) is 3.86. The first-order chi connectivity index (χ1) is 15.1. The SMILES string of the molecule is O[C@H](c1ccc(F)c(-c2ncnc3cc(N4CCOCC4)sc23)c1)c1nccnc1Cl. The zero-order chi connectivity index (χ0) is 21.4. The van der Waals surface area contributed by atoms with Crippen LogP contribution in [0.5, 0.6) is 0 Å². The minimum Gasteiger partial charge on any atom is -0.382 e. The van der Waals surface area contributed by atoms with Crippen molar-refractivity contribution in [1.29, 1.82) is 0 Å². The summed E-state index contributed by atoms with van der Waals surface area (Å²) in [6, 6.07) is 6.37. The number of ether oxygens (including phenoxy) is 1. The van der Waals surface area contributed by atoms with E-state index in [1.54, 1.807) is 6.07 Å². The molecule has 1 aliphatic heterocycles. The Morgan fingerprint density at radius 1 is 1.10 bits per heavy atom. The number of hydrogen-bond donors (Lipinski definition) is 1. The van der Waals surface area contributed by atoms with Crippen molar-refractivity contribution in [2.75, 3.05) is 31.2 Å². The molecule has 1 saturated heterocycles. The Morgan fingerprint density at radius 2 is 1.90 bits per heavy atom. The third-order valence-electron chi connectivity index (χ3n) is 5.12. The highest BCUT2D eigenvalue weighted by molar-refractivity contribution is 7.23. The van der Waals surface area contributed by atoms with E-state index in [0.29, 0.717) is 24.5 Å². The van der Waals surface area contributed by atoms with Crippen LogP contribution in [0.1, 0.15) is 17.4 Å². The number of rotatable bonds is 4. The topological polar surface area (TPSA) is 84.3 Å². The molecule has 0 unspecified atom stereocenters. The highest BCUT2D eigenvalue weighted by atomic mass is 35.5. The van der Waals surface area contributed by atoms with Crippen LogP contribution < -0.4 is 4.90 Å². The normalized spacial score (nSPS) is 15.4. The Balaban J connectivity index is 1.57. The average Bonchev–Trinajstić information content (AvgIpc) is 3.25. The lowest BCUT2D eigenvalue weighted by molar-refractivity contribution is 0.123. The predicted molar refractivity (Wildman–Crippen MR) is 117 cm³/mol. The lowest BCUT2D eigenvalue weighted by atomic mass is 10.0. The first kappa shape index (κ1) is 20.2. The van der Waals surface area contributed by atoms with Crippen LogP contribution in [0.3, 0.4) is 0 Å². The summed E-state index contributed by atoms with van der Waals surface area (Å²) in [6.45, 7) is 2.94. The molecule has 1 N–H and O–H groups in total. The number of nitrogens with zero attached hydrogens (tertiary/aromatic N) is 5. The number of aromatic nitrogens is 4. The van der Waals surface area contributed by atoms with Crippen LogP contribution in [0.15, 0.2) is 43.0 Å². The number of fused-ring (bicyclic) bond motifs is 1. The molecular formula is C21H17ClFN5O2S. The van der Waals surface area contributed by atoms with Gasteiger partial charge >= 0.3 is 0 Å². The lowest BCUT2D eigenvalue weighted by Crippen LogP contribution is -2.35. The van der Waals surface area contributed by atoms with Gasteiger partial charge in [-0.1, -0.05) is 17.7 Å². The van der Waals surface area contributed by atoms with Crippen LogP contribution in [-0.2, 0) is 4.74 Å². The molecule has 4 heterocycles. The number of aliphatic hydroxyl groups excluding tert-OH is 1. The van der Waals surface area contributed by atoms with Gasteiger partial charge in [0, 0.05) is 31.0 Å². The molecule has 0 spiro atoms. The Hall–Kier alpha value is -2.72. The fraction of sp³-hybridized carbons (Fsp3) is 0.238. The second kappa shape index (κ2) is 8.43. The number of morpholine rings is 1. The largest absolute Gasteiger partial charge is 0.382 e. The minimum absolute atomic E-state index is 0.0960. The van der Waals surface area contributed by atoms with Crippen molar-refractivity contribution in [2.45, 2.75) is 6.10 Å². The van der Waals surface area contributed by atoms with Crippen LogP contribution in [0.2, 0.25) is 5.15 Å². The molecular weight excluding hydrogens is 441 g/mol. The fourth-order valence-corrected chi connectivity index (χ4v) is 4.92. The van der Waals surface area contributed by atoms with E-state index in [-0.39, 0.29) is 16.4 Å². The van der Waals surface area contributed by atoms with Crippen molar-refractivity contribution in [3.05, 3.63) is 65.2 Å². The number of hydrogen-bond acceptors (Lipinski definition) is 8. The van der Waals surface area contributed by atoms with Gasteiger partial charge in [0.15, 0.2) is 5.15 Å². The number of thiophene rings is 1. The molecule has 5 rings (SSSR count). The van der Waals surface area contributed by atoms with Crippen LogP contribution in [-0.4, -0.2) is 51.3 Å².